The van der Waals surface area contributed by atoms with Gasteiger partial charge in [-0.3, -0.25) is 4.79 Å². The molecule has 1 fully saturated rings. The topological polar surface area (TPSA) is 71.5 Å². The van der Waals surface area contributed by atoms with E-state index in [2.05, 4.69) is 31.1 Å². The van der Waals surface area contributed by atoms with Gasteiger partial charge >= 0.3 is 6.09 Å². The Bertz CT molecular complexity index is 586. The van der Waals surface area contributed by atoms with Crippen LogP contribution in [0.5, 0.6) is 0 Å². The van der Waals surface area contributed by atoms with Gasteiger partial charge in [-0.2, -0.15) is 0 Å². The van der Waals surface area contributed by atoms with Crippen molar-refractivity contribution >= 4 is 34.0 Å². The molecule has 0 radical (unpaired) electrons. The highest BCUT2D eigenvalue weighted by Crippen LogP contribution is 2.24. The number of aromatic nitrogens is 1. The third-order valence-electron chi connectivity index (χ3n) is 3.49. The van der Waals surface area contributed by atoms with E-state index in [1.165, 1.54) is 0 Å². The van der Waals surface area contributed by atoms with Gasteiger partial charge in [0.1, 0.15) is 10.2 Å². The van der Waals surface area contributed by atoms with Crippen molar-refractivity contribution < 1.29 is 14.3 Å². The van der Waals surface area contributed by atoms with E-state index in [1.807, 2.05) is 20.8 Å². The second-order valence-electron chi connectivity index (χ2n) is 6.62. The predicted octanol–water partition coefficient (Wildman–Crippen LogP) is 3.15. The third-order valence-corrected chi connectivity index (χ3v) is 3.92. The number of hydrogen-bond donors (Lipinski definition) is 1. The van der Waals surface area contributed by atoms with Crippen LogP contribution in [0.2, 0.25) is 0 Å². The predicted molar refractivity (Wildman–Crippen MR) is 91.9 cm³/mol. The quantitative estimate of drug-likeness (QED) is 0.640. The molecular formula is C16H22BrN3O3. The normalized spacial score (nSPS) is 18.4. The van der Waals surface area contributed by atoms with Crippen molar-refractivity contribution in [3.05, 3.63) is 22.4 Å². The molecule has 0 aromatic carbocycles. The number of alkyl carbamates (subject to hydrolysis) is 1. The maximum absolute atomic E-state index is 11.9. The lowest BCUT2D eigenvalue weighted by Gasteiger charge is -2.35. The first-order chi connectivity index (χ1) is 10.8. The fraction of sp³-hybridized carbons (Fsp3) is 0.562. The summed E-state index contributed by atoms with van der Waals surface area (Å²) in [7, 11) is 0. The van der Waals surface area contributed by atoms with Crippen LogP contribution in [0.1, 0.15) is 44.0 Å². The summed E-state index contributed by atoms with van der Waals surface area (Å²) < 4.78 is 5.93. The standard InChI is InChI=1S/C16H22BrN3O3/c1-16(2,3)23-15(22)19-12-5-4-6-20(9-12)13-8-18-14(17)7-11(13)10-21/h7-8,10,12H,4-6,9H2,1-3H3,(H,19,22)/t12-/m1/s1. The smallest absolute Gasteiger partial charge is 0.407 e. The molecule has 0 aliphatic carbocycles. The average molecular weight is 384 g/mol. The van der Waals surface area contributed by atoms with Gasteiger partial charge in [-0.15, -0.1) is 0 Å². The summed E-state index contributed by atoms with van der Waals surface area (Å²) in [5.41, 5.74) is 0.863. The Hall–Kier alpha value is -1.63. The first kappa shape index (κ1) is 17.7. The number of pyridine rings is 1. The van der Waals surface area contributed by atoms with E-state index < -0.39 is 11.7 Å². The van der Waals surface area contributed by atoms with Crippen molar-refractivity contribution in [2.24, 2.45) is 0 Å². The average Bonchev–Trinajstić information content (AvgIpc) is 2.45. The first-order valence-electron chi connectivity index (χ1n) is 7.63. The molecule has 6 nitrogen and oxygen atoms in total. The van der Waals surface area contributed by atoms with E-state index in [0.717, 1.165) is 31.4 Å². The largest absolute Gasteiger partial charge is 0.444 e. The van der Waals surface area contributed by atoms with Crippen molar-refractivity contribution in [3.63, 3.8) is 0 Å². The van der Waals surface area contributed by atoms with E-state index in [9.17, 15) is 9.59 Å². The molecule has 23 heavy (non-hydrogen) atoms. The molecule has 1 aliphatic heterocycles. The van der Waals surface area contributed by atoms with Crippen molar-refractivity contribution in [3.8, 4) is 0 Å². The van der Waals surface area contributed by atoms with Crippen molar-refractivity contribution in [2.75, 3.05) is 18.0 Å². The summed E-state index contributed by atoms with van der Waals surface area (Å²) in [6.45, 7) is 6.97. The zero-order valence-electron chi connectivity index (χ0n) is 13.6. The first-order valence-corrected chi connectivity index (χ1v) is 8.43. The Morgan fingerprint density at radius 1 is 1.52 bits per heavy atom. The summed E-state index contributed by atoms with van der Waals surface area (Å²) in [6, 6.07) is 1.69. The number of hydrogen-bond acceptors (Lipinski definition) is 5. The molecule has 1 amide bonds. The van der Waals surface area contributed by atoms with Crippen molar-refractivity contribution in [2.45, 2.75) is 45.3 Å². The Balaban J connectivity index is 2.04. The van der Waals surface area contributed by atoms with Gasteiger partial charge in [-0.25, -0.2) is 9.78 Å². The van der Waals surface area contributed by atoms with Crippen LogP contribution in [0.4, 0.5) is 10.5 Å². The van der Waals surface area contributed by atoms with Crippen molar-refractivity contribution in [1.82, 2.24) is 10.3 Å². The van der Waals surface area contributed by atoms with E-state index in [1.54, 1.807) is 12.3 Å². The highest BCUT2D eigenvalue weighted by Gasteiger charge is 2.25. The van der Waals surface area contributed by atoms with Crippen LogP contribution in [0.25, 0.3) is 0 Å². The minimum Gasteiger partial charge on any atom is -0.444 e. The Morgan fingerprint density at radius 2 is 2.26 bits per heavy atom. The number of ether oxygens (including phenoxy) is 1. The van der Waals surface area contributed by atoms with Gasteiger partial charge in [0.2, 0.25) is 0 Å². The number of aldehydes is 1. The molecule has 2 heterocycles. The summed E-state index contributed by atoms with van der Waals surface area (Å²) in [6.07, 6.45) is 3.91. The summed E-state index contributed by atoms with van der Waals surface area (Å²) in [5, 5.41) is 2.90. The lowest BCUT2D eigenvalue weighted by Crippen LogP contribution is -2.49. The van der Waals surface area contributed by atoms with Crippen molar-refractivity contribution in [1.29, 1.82) is 0 Å². The molecule has 2 rings (SSSR count). The molecule has 0 bridgehead atoms. The fourth-order valence-corrected chi connectivity index (χ4v) is 2.93. The minimum absolute atomic E-state index is 0.0123. The van der Waals surface area contributed by atoms with E-state index in [-0.39, 0.29) is 6.04 Å². The number of carbonyl (C=O) groups is 2. The number of amides is 1. The monoisotopic (exact) mass is 383 g/mol. The van der Waals surface area contributed by atoms with Gasteiger partial charge in [0.15, 0.2) is 6.29 Å². The van der Waals surface area contributed by atoms with E-state index >= 15 is 0 Å². The van der Waals surface area contributed by atoms with Gasteiger partial charge < -0.3 is 15.0 Å². The lowest BCUT2D eigenvalue weighted by molar-refractivity contribution is 0.0500. The summed E-state index contributed by atoms with van der Waals surface area (Å²) in [4.78, 5) is 29.5. The SMILES string of the molecule is CC(C)(C)OC(=O)N[C@@H]1CCCN(c2cnc(Br)cc2C=O)C1. The third kappa shape index (κ3) is 5.20. The van der Waals surface area contributed by atoms with Gasteiger partial charge in [-0.05, 0) is 55.6 Å². The van der Waals surface area contributed by atoms with Crippen LogP contribution >= 0.6 is 15.9 Å². The molecule has 0 unspecified atom stereocenters. The fourth-order valence-electron chi connectivity index (χ4n) is 2.58. The van der Waals surface area contributed by atoms with Crippen LogP contribution in [0.3, 0.4) is 0 Å². The van der Waals surface area contributed by atoms with Gasteiger partial charge in [-0.1, -0.05) is 0 Å². The zero-order valence-corrected chi connectivity index (χ0v) is 15.2. The van der Waals surface area contributed by atoms with Crippen LogP contribution in [0.15, 0.2) is 16.9 Å². The summed E-state index contributed by atoms with van der Waals surface area (Å²) in [5.74, 6) is 0. The highest BCUT2D eigenvalue weighted by atomic mass is 79.9. The molecule has 7 heteroatoms. The number of anilines is 1. The number of nitrogens with one attached hydrogen (secondary N) is 1. The van der Waals surface area contributed by atoms with Crippen LogP contribution < -0.4 is 10.2 Å². The maximum atomic E-state index is 11.9. The molecule has 1 saturated heterocycles. The molecule has 1 aliphatic rings. The summed E-state index contributed by atoms with van der Waals surface area (Å²) >= 11 is 3.27. The van der Waals surface area contributed by atoms with E-state index in [4.69, 9.17) is 4.74 Å². The number of carbonyl (C=O) groups excluding carboxylic acids is 2. The Kier molecular flexibility index (Phi) is 5.62. The number of piperidine rings is 1. The van der Waals surface area contributed by atoms with Gasteiger partial charge in [0.05, 0.1) is 11.9 Å². The number of nitrogens with zero attached hydrogens (tertiary/aromatic N) is 2. The Morgan fingerprint density at radius 3 is 2.91 bits per heavy atom. The maximum Gasteiger partial charge on any atom is 0.407 e. The molecule has 1 N–H and O–H groups in total. The van der Waals surface area contributed by atoms with Gasteiger partial charge in [0, 0.05) is 24.7 Å². The second-order valence-corrected chi connectivity index (χ2v) is 7.43. The molecule has 0 saturated carbocycles. The molecule has 1 atom stereocenters. The molecule has 1 aromatic rings. The molecular weight excluding hydrogens is 362 g/mol. The van der Waals surface area contributed by atoms with Crippen LogP contribution in [0, 0.1) is 0 Å². The minimum atomic E-state index is -0.515. The Labute approximate surface area is 144 Å². The molecule has 0 spiro atoms. The van der Waals surface area contributed by atoms with Crippen LogP contribution in [-0.2, 0) is 4.74 Å². The lowest BCUT2D eigenvalue weighted by atomic mass is 10.0. The van der Waals surface area contributed by atoms with Gasteiger partial charge in [0.25, 0.3) is 0 Å². The highest BCUT2D eigenvalue weighted by molar-refractivity contribution is 9.10. The van der Waals surface area contributed by atoms with Crippen LogP contribution in [-0.4, -0.2) is 42.1 Å². The molecule has 126 valence electrons. The van der Waals surface area contributed by atoms with E-state index in [0.29, 0.717) is 16.7 Å². The zero-order chi connectivity index (χ0) is 17.0. The number of rotatable bonds is 3. The second kappa shape index (κ2) is 7.29. The number of halogens is 1. The molecule has 1 aromatic heterocycles.